The van der Waals surface area contributed by atoms with Gasteiger partial charge in [-0.05, 0) is 28.7 Å². The average Bonchev–Trinajstić information content (AvgIpc) is 3.20. The molecule has 10 heteroatoms. The van der Waals surface area contributed by atoms with E-state index in [1.807, 2.05) is 30.3 Å². The van der Waals surface area contributed by atoms with Crippen molar-refractivity contribution in [3.05, 3.63) is 98.8 Å². The van der Waals surface area contributed by atoms with Crippen LogP contribution in [0.3, 0.4) is 0 Å². The number of fused-ring (bicyclic) bond motifs is 1. The third kappa shape index (κ3) is 4.57. The van der Waals surface area contributed by atoms with E-state index in [0.29, 0.717) is 5.02 Å². The highest BCUT2D eigenvalue weighted by molar-refractivity contribution is 6.30. The topological polar surface area (TPSA) is 115 Å². The standard InChI is InChI=1S/C21H15ClN6O3/c22-17-8-6-14(7-9-17)13-27-18(11-19(26-27)28(30)31)21(29)25-24-12-16-4-1-3-15-5-2-10-23-20(15)16/h1-12H,13H2,(H,25,29)/b24-12+. The zero-order chi connectivity index (χ0) is 21.8. The number of amides is 1. The number of rotatable bonds is 6. The first kappa shape index (κ1) is 20.2. The van der Waals surface area contributed by atoms with Gasteiger partial charge in [0.1, 0.15) is 0 Å². The van der Waals surface area contributed by atoms with E-state index in [1.54, 1.807) is 30.5 Å². The Morgan fingerprint density at radius 2 is 1.97 bits per heavy atom. The molecule has 0 atom stereocenters. The molecule has 4 rings (SSSR count). The van der Waals surface area contributed by atoms with E-state index >= 15 is 0 Å². The average molecular weight is 435 g/mol. The van der Waals surface area contributed by atoms with Gasteiger partial charge >= 0.3 is 5.82 Å². The fraction of sp³-hybridized carbons (Fsp3) is 0.0476. The van der Waals surface area contributed by atoms with Crippen molar-refractivity contribution in [2.45, 2.75) is 6.54 Å². The summed E-state index contributed by atoms with van der Waals surface area (Å²) in [5.41, 5.74) is 4.65. The Kier molecular flexibility index (Phi) is 5.67. The molecular weight excluding hydrogens is 420 g/mol. The molecule has 0 aliphatic heterocycles. The van der Waals surface area contributed by atoms with Crippen LogP contribution in [0.2, 0.25) is 5.02 Å². The molecule has 0 radical (unpaired) electrons. The Morgan fingerprint density at radius 1 is 1.19 bits per heavy atom. The molecule has 0 fully saturated rings. The molecule has 0 saturated heterocycles. The SMILES string of the molecule is O=C(N/N=C/c1cccc2cccnc12)c1cc([N+](=O)[O-])nn1Cc1ccc(Cl)cc1. The molecule has 1 N–H and O–H groups in total. The minimum atomic E-state index is -0.653. The number of halogens is 1. The quantitative estimate of drug-likeness (QED) is 0.281. The fourth-order valence-corrected chi connectivity index (χ4v) is 3.13. The molecule has 2 heterocycles. The number of nitrogens with zero attached hydrogens (tertiary/aromatic N) is 5. The first-order valence-electron chi connectivity index (χ1n) is 9.15. The van der Waals surface area contributed by atoms with Crippen molar-refractivity contribution in [3.63, 3.8) is 0 Å². The van der Waals surface area contributed by atoms with Gasteiger partial charge in [-0.15, -0.1) is 0 Å². The number of para-hydroxylation sites is 1. The molecule has 4 aromatic rings. The van der Waals surface area contributed by atoms with Crippen LogP contribution in [-0.2, 0) is 6.54 Å². The Labute approximate surface area is 181 Å². The third-order valence-electron chi connectivity index (χ3n) is 4.47. The van der Waals surface area contributed by atoms with Crippen molar-refractivity contribution in [2.24, 2.45) is 5.10 Å². The highest BCUT2D eigenvalue weighted by Gasteiger charge is 2.23. The number of hydrogen-bond acceptors (Lipinski definition) is 6. The van der Waals surface area contributed by atoms with E-state index in [1.165, 1.54) is 10.9 Å². The van der Waals surface area contributed by atoms with E-state index < -0.39 is 16.6 Å². The number of nitro groups is 1. The van der Waals surface area contributed by atoms with Crippen LogP contribution in [0, 0.1) is 10.1 Å². The molecule has 2 aromatic heterocycles. The molecule has 9 nitrogen and oxygen atoms in total. The summed E-state index contributed by atoms with van der Waals surface area (Å²) in [5, 5.41) is 20.6. The summed E-state index contributed by atoms with van der Waals surface area (Å²) < 4.78 is 1.26. The molecule has 0 saturated carbocycles. The predicted octanol–water partition coefficient (Wildman–Crippen LogP) is 3.81. The maximum absolute atomic E-state index is 12.7. The second kappa shape index (κ2) is 8.72. The van der Waals surface area contributed by atoms with Crippen LogP contribution < -0.4 is 5.43 Å². The lowest BCUT2D eigenvalue weighted by atomic mass is 10.1. The first-order valence-corrected chi connectivity index (χ1v) is 9.53. The smallest absolute Gasteiger partial charge is 0.358 e. The van der Waals surface area contributed by atoms with E-state index in [-0.39, 0.29) is 12.2 Å². The number of aromatic nitrogens is 3. The van der Waals surface area contributed by atoms with Gasteiger partial charge in [0.05, 0.1) is 29.4 Å². The number of carbonyl (C=O) groups excluding carboxylic acids is 1. The van der Waals surface area contributed by atoms with Gasteiger partial charge in [0.25, 0.3) is 5.91 Å². The highest BCUT2D eigenvalue weighted by Crippen LogP contribution is 2.16. The van der Waals surface area contributed by atoms with Crippen molar-refractivity contribution >= 4 is 40.4 Å². The molecule has 1 amide bonds. The number of benzene rings is 2. The van der Waals surface area contributed by atoms with Crippen LogP contribution in [-0.4, -0.2) is 31.8 Å². The second-order valence-corrected chi connectivity index (χ2v) is 6.99. The van der Waals surface area contributed by atoms with Gasteiger partial charge in [-0.1, -0.05) is 48.0 Å². The monoisotopic (exact) mass is 434 g/mol. The van der Waals surface area contributed by atoms with E-state index in [0.717, 1.165) is 28.1 Å². The summed E-state index contributed by atoms with van der Waals surface area (Å²) in [7, 11) is 0. The Balaban J connectivity index is 1.56. The van der Waals surface area contributed by atoms with Gasteiger partial charge in [0, 0.05) is 22.2 Å². The van der Waals surface area contributed by atoms with Crippen molar-refractivity contribution in [1.82, 2.24) is 20.2 Å². The van der Waals surface area contributed by atoms with Crippen LogP contribution in [0.1, 0.15) is 21.6 Å². The van der Waals surface area contributed by atoms with E-state index in [9.17, 15) is 14.9 Å². The summed E-state index contributed by atoms with van der Waals surface area (Å²) in [6.07, 6.45) is 3.15. The highest BCUT2D eigenvalue weighted by atomic mass is 35.5. The normalized spacial score (nSPS) is 11.1. The first-order chi connectivity index (χ1) is 15.0. The summed E-state index contributed by atoms with van der Waals surface area (Å²) in [4.78, 5) is 27.5. The Hall–Kier alpha value is -4.11. The maximum atomic E-state index is 12.7. The van der Waals surface area contributed by atoms with Gasteiger partial charge in [-0.25, -0.2) is 5.43 Å². The molecule has 0 bridgehead atoms. The number of hydrazone groups is 1. The summed E-state index contributed by atoms with van der Waals surface area (Å²) in [6.45, 7) is 0.157. The van der Waals surface area contributed by atoms with Crippen LogP contribution in [0.5, 0.6) is 0 Å². The minimum absolute atomic E-state index is 0.00912. The van der Waals surface area contributed by atoms with E-state index in [2.05, 4.69) is 20.6 Å². The molecule has 0 unspecified atom stereocenters. The van der Waals surface area contributed by atoms with Crippen molar-refractivity contribution in [3.8, 4) is 0 Å². The molecule has 154 valence electrons. The minimum Gasteiger partial charge on any atom is -0.358 e. The molecule has 0 aliphatic carbocycles. The molecule has 0 aliphatic rings. The summed E-state index contributed by atoms with van der Waals surface area (Å²) in [6, 6.07) is 17.4. The maximum Gasteiger partial charge on any atom is 0.390 e. The third-order valence-corrected chi connectivity index (χ3v) is 4.72. The Morgan fingerprint density at radius 3 is 2.74 bits per heavy atom. The second-order valence-electron chi connectivity index (χ2n) is 6.55. The molecule has 31 heavy (non-hydrogen) atoms. The van der Waals surface area contributed by atoms with Gasteiger partial charge in [-0.2, -0.15) is 9.78 Å². The fourth-order valence-electron chi connectivity index (χ4n) is 3.01. The van der Waals surface area contributed by atoms with Gasteiger partial charge < -0.3 is 10.1 Å². The number of nitrogens with one attached hydrogen (secondary N) is 1. The van der Waals surface area contributed by atoms with Crippen LogP contribution in [0.25, 0.3) is 10.9 Å². The predicted molar refractivity (Wildman–Crippen MR) is 116 cm³/mol. The van der Waals surface area contributed by atoms with Crippen LogP contribution in [0.15, 0.2) is 72.0 Å². The van der Waals surface area contributed by atoms with Crippen molar-refractivity contribution in [1.29, 1.82) is 0 Å². The van der Waals surface area contributed by atoms with Crippen molar-refractivity contribution < 1.29 is 9.72 Å². The molecular formula is C21H15ClN6O3. The summed E-state index contributed by atoms with van der Waals surface area (Å²) >= 11 is 5.89. The van der Waals surface area contributed by atoms with Crippen molar-refractivity contribution in [2.75, 3.05) is 0 Å². The Bertz CT molecular complexity index is 1290. The lowest BCUT2D eigenvalue weighted by molar-refractivity contribution is -0.389. The largest absolute Gasteiger partial charge is 0.390 e. The lowest BCUT2D eigenvalue weighted by Gasteiger charge is -2.03. The van der Waals surface area contributed by atoms with Gasteiger partial charge in [0.15, 0.2) is 5.69 Å². The summed E-state index contributed by atoms with van der Waals surface area (Å²) in [5.74, 6) is -1.06. The van der Waals surface area contributed by atoms with Gasteiger partial charge in [-0.3, -0.25) is 9.78 Å². The number of pyridine rings is 1. The lowest BCUT2D eigenvalue weighted by Crippen LogP contribution is -2.22. The molecule has 0 spiro atoms. The molecule has 2 aromatic carbocycles. The number of hydrogen-bond donors (Lipinski definition) is 1. The van der Waals surface area contributed by atoms with E-state index in [4.69, 9.17) is 11.6 Å². The van der Waals surface area contributed by atoms with Crippen LogP contribution in [0.4, 0.5) is 5.82 Å². The van der Waals surface area contributed by atoms with Gasteiger partial charge in [0.2, 0.25) is 0 Å². The zero-order valence-electron chi connectivity index (χ0n) is 16.0. The number of carbonyl (C=O) groups is 1. The van der Waals surface area contributed by atoms with Crippen LogP contribution >= 0.6 is 11.6 Å². The zero-order valence-corrected chi connectivity index (χ0v) is 16.7.